The van der Waals surface area contributed by atoms with Gasteiger partial charge in [0.15, 0.2) is 0 Å². The van der Waals surface area contributed by atoms with Crippen LogP contribution < -0.4 is 4.74 Å². The maximum absolute atomic E-state index is 5.59. The summed E-state index contributed by atoms with van der Waals surface area (Å²) in [5.74, 6) is 0.958. The first kappa shape index (κ1) is 19.9. The van der Waals surface area contributed by atoms with Crippen molar-refractivity contribution in [3.05, 3.63) is 82.8 Å². The Hall–Kier alpha value is -3.05. The molecule has 1 N–H and O–H groups in total. The molecule has 160 valence electrons. The number of fused-ring (bicyclic) bond motifs is 3. The van der Waals surface area contributed by atoms with E-state index < -0.39 is 0 Å². The van der Waals surface area contributed by atoms with E-state index in [4.69, 9.17) is 4.74 Å². The second kappa shape index (κ2) is 8.23. The normalized spacial score (nSPS) is 16.5. The van der Waals surface area contributed by atoms with Gasteiger partial charge in [-0.2, -0.15) is 5.10 Å². The summed E-state index contributed by atoms with van der Waals surface area (Å²) < 4.78 is 7.61. The molecule has 0 bridgehead atoms. The van der Waals surface area contributed by atoms with E-state index in [0.29, 0.717) is 0 Å². The Morgan fingerprint density at radius 1 is 1.06 bits per heavy atom. The van der Waals surface area contributed by atoms with Crippen LogP contribution in [0.25, 0.3) is 10.9 Å². The summed E-state index contributed by atoms with van der Waals surface area (Å²) in [4.78, 5) is 6.42. The maximum atomic E-state index is 5.59. The van der Waals surface area contributed by atoms with Crippen LogP contribution in [0.4, 0.5) is 0 Å². The second-order valence-electron chi connectivity index (χ2n) is 8.48. The molecule has 31 heavy (non-hydrogen) atoms. The van der Waals surface area contributed by atoms with E-state index in [0.717, 1.165) is 38.2 Å². The molecule has 0 saturated carbocycles. The van der Waals surface area contributed by atoms with Crippen LogP contribution in [-0.2, 0) is 13.0 Å². The van der Waals surface area contributed by atoms with Gasteiger partial charge in [-0.05, 0) is 67.1 Å². The van der Waals surface area contributed by atoms with Crippen LogP contribution in [0.15, 0.2) is 54.9 Å². The van der Waals surface area contributed by atoms with E-state index >= 15 is 0 Å². The van der Waals surface area contributed by atoms with Crippen molar-refractivity contribution in [2.45, 2.75) is 39.3 Å². The number of benzene rings is 2. The first-order valence-electron chi connectivity index (χ1n) is 11.1. The Labute approximate surface area is 183 Å². The Kier molecular flexibility index (Phi) is 5.28. The minimum absolute atomic E-state index is 0.221. The highest BCUT2D eigenvalue weighted by Crippen LogP contribution is 2.41. The molecule has 1 aliphatic rings. The van der Waals surface area contributed by atoms with Crippen LogP contribution in [0.2, 0.25) is 0 Å². The van der Waals surface area contributed by atoms with Crippen molar-refractivity contribution < 1.29 is 4.74 Å². The Bertz CT molecular complexity index is 1190. The van der Waals surface area contributed by atoms with Gasteiger partial charge in [-0.25, -0.2) is 0 Å². The molecule has 2 aromatic carbocycles. The fourth-order valence-electron chi connectivity index (χ4n) is 5.09. The Morgan fingerprint density at radius 2 is 1.94 bits per heavy atom. The minimum atomic E-state index is 0.221. The van der Waals surface area contributed by atoms with Gasteiger partial charge in [0.25, 0.3) is 0 Å². The molecule has 0 unspecified atom stereocenters. The number of methoxy groups -OCH3 is 1. The maximum Gasteiger partial charge on any atom is 0.122 e. The highest BCUT2D eigenvalue weighted by atomic mass is 16.5. The van der Waals surface area contributed by atoms with Crippen molar-refractivity contribution in [2.75, 3.05) is 20.2 Å². The van der Waals surface area contributed by atoms with Crippen LogP contribution in [0.5, 0.6) is 5.75 Å². The van der Waals surface area contributed by atoms with E-state index in [2.05, 4.69) is 65.2 Å². The molecule has 1 aliphatic heterocycles. The van der Waals surface area contributed by atoms with Crippen molar-refractivity contribution >= 4 is 10.9 Å². The van der Waals surface area contributed by atoms with Gasteiger partial charge in [-0.3, -0.25) is 9.58 Å². The summed E-state index contributed by atoms with van der Waals surface area (Å²) in [6, 6.07) is 15.3. The van der Waals surface area contributed by atoms with Gasteiger partial charge in [0.2, 0.25) is 0 Å². The van der Waals surface area contributed by atoms with E-state index in [-0.39, 0.29) is 6.04 Å². The van der Waals surface area contributed by atoms with Gasteiger partial charge in [-0.15, -0.1) is 0 Å². The third-order valence-corrected chi connectivity index (χ3v) is 6.82. The number of para-hydroxylation sites is 1. The number of H-pyrrole nitrogens is 1. The molecule has 1 atom stereocenters. The van der Waals surface area contributed by atoms with Gasteiger partial charge in [0.1, 0.15) is 5.75 Å². The third-order valence-electron chi connectivity index (χ3n) is 6.82. The van der Waals surface area contributed by atoms with E-state index in [1.165, 1.54) is 38.9 Å². The summed E-state index contributed by atoms with van der Waals surface area (Å²) in [5.41, 5.74) is 7.95. The smallest absolute Gasteiger partial charge is 0.122 e. The second-order valence-corrected chi connectivity index (χ2v) is 8.48. The number of nitrogens with zero attached hydrogens (tertiary/aromatic N) is 3. The van der Waals surface area contributed by atoms with E-state index in [1.807, 2.05) is 23.1 Å². The molecule has 0 fully saturated rings. The van der Waals surface area contributed by atoms with Gasteiger partial charge in [0.05, 0.1) is 13.2 Å². The lowest BCUT2D eigenvalue weighted by atomic mass is 9.88. The van der Waals surface area contributed by atoms with Crippen molar-refractivity contribution in [3.63, 3.8) is 0 Å². The third kappa shape index (κ3) is 3.53. The van der Waals surface area contributed by atoms with Gasteiger partial charge < -0.3 is 9.72 Å². The molecule has 0 saturated heterocycles. The van der Waals surface area contributed by atoms with Crippen LogP contribution in [0.1, 0.15) is 40.4 Å². The zero-order chi connectivity index (χ0) is 21.4. The van der Waals surface area contributed by atoms with E-state index in [9.17, 15) is 0 Å². The topological polar surface area (TPSA) is 46.1 Å². The molecule has 3 heterocycles. The lowest BCUT2D eigenvalue weighted by Crippen LogP contribution is -2.37. The zero-order valence-electron chi connectivity index (χ0n) is 18.6. The molecule has 0 aliphatic carbocycles. The first-order chi connectivity index (χ1) is 15.2. The number of hydrogen-bond donors (Lipinski definition) is 1. The van der Waals surface area contributed by atoms with Gasteiger partial charge in [-0.1, -0.05) is 24.3 Å². The number of aromatic nitrogens is 3. The van der Waals surface area contributed by atoms with Crippen molar-refractivity contribution in [1.82, 2.24) is 19.7 Å². The SMILES string of the molecule is COc1ccc([C@@H]2c3[nH]c4ccccc4c3CCN2CCCn2cccn2)c(C)c1C. The summed E-state index contributed by atoms with van der Waals surface area (Å²) >= 11 is 0. The Balaban J connectivity index is 1.54. The van der Waals surface area contributed by atoms with E-state index in [1.54, 1.807) is 7.11 Å². The molecule has 5 rings (SSSR count). The number of nitrogens with one attached hydrogen (secondary N) is 1. The molecular formula is C26H30N4O. The molecule has 4 aromatic rings. The summed E-state index contributed by atoms with van der Waals surface area (Å²) in [6.45, 7) is 7.42. The quantitative estimate of drug-likeness (QED) is 0.481. The fraction of sp³-hybridized carbons (Fsp3) is 0.346. The number of aryl methyl sites for hydroxylation is 1. The standard InChI is InChI=1S/C26H30N4O/c1-18-19(2)24(31-3)11-10-20(18)26-25-22(21-8-4-5-9-23(21)28-25)12-17-29(26)14-7-16-30-15-6-13-27-30/h4-6,8-11,13,15,26,28H,7,12,14,16-17H2,1-3H3/t26-/m1/s1. The van der Waals surface area contributed by atoms with Crippen LogP contribution >= 0.6 is 0 Å². The highest BCUT2D eigenvalue weighted by molar-refractivity contribution is 5.85. The molecule has 0 radical (unpaired) electrons. The molecule has 0 spiro atoms. The summed E-state index contributed by atoms with van der Waals surface area (Å²) in [6.07, 6.45) is 6.04. The van der Waals surface area contributed by atoms with Gasteiger partial charge in [0, 0.05) is 48.6 Å². The fourth-order valence-corrected chi connectivity index (χ4v) is 5.09. The molecule has 0 amide bonds. The predicted octanol–water partition coefficient (Wildman–Crippen LogP) is 5.03. The molecule has 5 nitrogen and oxygen atoms in total. The molecule has 2 aromatic heterocycles. The highest BCUT2D eigenvalue weighted by Gasteiger charge is 2.32. The molecular weight excluding hydrogens is 384 g/mol. The van der Waals surface area contributed by atoms with Crippen LogP contribution in [0, 0.1) is 13.8 Å². The average Bonchev–Trinajstić information content (AvgIpc) is 3.43. The van der Waals surface area contributed by atoms with Gasteiger partial charge >= 0.3 is 0 Å². The minimum Gasteiger partial charge on any atom is -0.496 e. The number of hydrogen-bond acceptors (Lipinski definition) is 3. The average molecular weight is 415 g/mol. The first-order valence-corrected chi connectivity index (χ1v) is 11.1. The largest absolute Gasteiger partial charge is 0.496 e. The number of aromatic amines is 1. The predicted molar refractivity (Wildman–Crippen MR) is 125 cm³/mol. The van der Waals surface area contributed by atoms with Crippen molar-refractivity contribution in [1.29, 1.82) is 0 Å². The van der Waals surface area contributed by atoms with Crippen LogP contribution in [-0.4, -0.2) is 39.9 Å². The number of ether oxygens (including phenoxy) is 1. The van der Waals surface area contributed by atoms with Crippen molar-refractivity contribution in [2.24, 2.45) is 0 Å². The van der Waals surface area contributed by atoms with Crippen LogP contribution in [0.3, 0.4) is 0 Å². The summed E-state index contributed by atoms with van der Waals surface area (Å²) in [7, 11) is 1.75. The lowest BCUT2D eigenvalue weighted by Gasteiger charge is -2.37. The monoisotopic (exact) mass is 414 g/mol. The lowest BCUT2D eigenvalue weighted by molar-refractivity contribution is 0.203. The molecule has 5 heteroatoms. The zero-order valence-corrected chi connectivity index (χ0v) is 18.6. The Morgan fingerprint density at radius 3 is 2.74 bits per heavy atom. The van der Waals surface area contributed by atoms with Crippen molar-refractivity contribution in [3.8, 4) is 5.75 Å². The number of rotatable bonds is 6. The summed E-state index contributed by atoms with van der Waals surface area (Å²) in [5, 5.41) is 5.73.